The van der Waals surface area contributed by atoms with E-state index in [1.54, 1.807) is 19.2 Å². The molecular formula is C17H17BrO3. The fourth-order valence-electron chi connectivity index (χ4n) is 1.97. The van der Waals surface area contributed by atoms with Crippen molar-refractivity contribution in [3.05, 3.63) is 63.6 Å². The summed E-state index contributed by atoms with van der Waals surface area (Å²) in [6, 6.07) is 13.0. The average molecular weight is 349 g/mol. The second kappa shape index (κ2) is 7.38. The quantitative estimate of drug-likeness (QED) is 0.584. The minimum Gasteiger partial charge on any atom is -0.490 e. The van der Waals surface area contributed by atoms with Crippen molar-refractivity contribution >= 4 is 21.7 Å². The van der Waals surface area contributed by atoms with E-state index in [2.05, 4.69) is 15.9 Å². The first kappa shape index (κ1) is 15.7. The third kappa shape index (κ3) is 3.93. The first-order valence-corrected chi connectivity index (χ1v) is 7.44. The smallest absolute Gasteiger partial charge is 0.197 e. The van der Waals surface area contributed by atoms with Gasteiger partial charge in [-0.15, -0.1) is 0 Å². The van der Waals surface area contributed by atoms with Gasteiger partial charge >= 0.3 is 0 Å². The molecule has 0 aliphatic carbocycles. The molecule has 110 valence electrons. The number of ketones is 1. The Balaban J connectivity index is 2.32. The van der Waals surface area contributed by atoms with Crippen molar-refractivity contribution in [2.45, 2.75) is 6.92 Å². The van der Waals surface area contributed by atoms with Crippen molar-refractivity contribution in [3.8, 4) is 5.75 Å². The van der Waals surface area contributed by atoms with Crippen LogP contribution in [0.4, 0.5) is 0 Å². The summed E-state index contributed by atoms with van der Waals surface area (Å²) >= 11 is 3.44. The van der Waals surface area contributed by atoms with Gasteiger partial charge < -0.3 is 9.47 Å². The molecule has 3 nitrogen and oxygen atoms in total. The molecule has 0 N–H and O–H groups in total. The SMILES string of the molecule is COCCOc1ccccc1C(=O)c1cc(C)ccc1Br. The standard InChI is InChI=1S/C17H17BrO3/c1-12-7-8-15(18)14(11-12)17(19)13-5-3-4-6-16(13)21-10-9-20-2/h3-8,11H,9-10H2,1-2H3. The number of benzene rings is 2. The van der Waals surface area contributed by atoms with Crippen LogP contribution in [0.2, 0.25) is 0 Å². The first-order valence-electron chi connectivity index (χ1n) is 6.65. The number of aryl methyl sites for hydroxylation is 1. The lowest BCUT2D eigenvalue weighted by Crippen LogP contribution is -2.09. The highest BCUT2D eigenvalue weighted by atomic mass is 79.9. The highest BCUT2D eigenvalue weighted by Gasteiger charge is 2.17. The van der Waals surface area contributed by atoms with Gasteiger partial charge in [0.25, 0.3) is 0 Å². The summed E-state index contributed by atoms with van der Waals surface area (Å²) in [5.41, 5.74) is 2.23. The number of hydrogen-bond donors (Lipinski definition) is 0. The maximum absolute atomic E-state index is 12.7. The summed E-state index contributed by atoms with van der Waals surface area (Å²) in [6.45, 7) is 2.86. The Labute approximate surface area is 133 Å². The Bertz CT molecular complexity index is 638. The molecular weight excluding hydrogens is 332 g/mol. The molecule has 0 atom stereocenters. The molecule has 2 aromatic carbocycles. The maximum Gasteiger partial charge on any atom is 0.197 e. The molecule has 0 unspecified atom stereocenters. The molecule has 4 heteroatoms. The van der Waals surface area contributed by atoms with Crippen LogP contribution >= 0.6 is 15.9 Å². The predicted octanol–water partition coefficient (Wildman–Crippen LogP) is 4.01. The summed E-state index contributed by atoms with van der Waals surface area (Å²) in [5, 5.41) is 0. The zero-order chi connectivity index (χ0) is 15.2. The Morgan fingerprint density at radius 2 is 1.86 bits per heavy atom. The number of ether oxygens (including phenoxy) is 2. The maximum atomic E-state index is 12.7. The number of rotatable bonds is 6. The molecule has 0 aliphatic heterocycles. The van der Waals surface area contributed by atoms with Crippen molar-refractivity contribution in [2.24, 2.45) is 0 Å². The second-order valence-corrected chi connectivity index (χ2v) is 5.50. The molecule has 2 rings (SSSR count). The summed E-state index contributed by atoms with van der Waals surface area (Å²) in [5.74, 6) is 0.520. The van der Waals surface area contributed by atoms with Crippen molar-refractivity contribution in [2.75, 3.05) is 20.3 Å². The van der Waals surface area contributed by atoms with Gasteiger partial charge in [-0.2, -0.15) is 0 Å². The molecule has 0 heterocycles. The van der Waals surface area contributed by atoms with E-state index in [0.717, 1.165) is 10.0 Å². The average Bonchev–Trinajstić information content (AvgIpc) is 2.50. The minimum atomic E-state index is -0.0569. The summed E-state index contributed by atoms with van der Waals surface area (Å²) in [6.07, 6.45) is 0. The molecule has 2 aromatic rings. The molecule has 0 aromatic heterocycles. The fraction of sp³-hybridized carbons (Fsp3) is 0.235. The van der Waals surface area contributed by atoms with E-state index in [-0.39, 0.29) is 5.78 Å². The van der Waals surface area contributed by atoms with Crippen LogP contribution < -0.4 is 4.74 Å². The van der Waals surface area contributed by atoms with Gasteiger partial charge in [0.15, 0.2) is 5.78 Å². The van der Waals surface area contributed by atoms with Gasteiger partial charge in [-0.3, -0.25) is 4.79 Å². The van der Waals surface area contributed by atoms with E-state index in [1.165, 1.54) is 0 Å². The summed E-state index contributed by atoms with van der Waals surface area (Å²) in [7, 11) is 1.62. The van der Waals surface area contributed by atoms with Crippen LogP contribution in [0, 0.1) is 6.92 Å². The van der Waals surface area contributed by atoms with Gasteiger partial charge in [-0.25, -0.2) is 0 Å². The zero-order valence-corrected chi connectivity index (χ0v) is 13.6. The van der Waals surface area contributed by atoms with Gasteiger partial charge in [-0.05, 0) is 31.2 Å². The van der Waals surface area contributed by atoms with Crippen molar-refractivity contribution in [1.29, 1.82) is 0 Å². The number of carbonyl (C=O) groups excluding carboxylic acids is 1. The van der Waals surface area contributed by atoms with E-state index in [4.69, 9.17) is 9.47 Å². The number of carbonyl (C=O) groups is 1. The van der Waals surface area contributed by atoms with Gasteiger partial charge in [0, 0.05) is 17.1 Å². The van der Waals surface area contributed by atoms with E-state index in [1.807, 2.05) is 37.3 Å². The first-order chi connectivity index (χ1) is 10.1. The van der Waals surface area contributed by atoms with Gasteiger partial charge in [0.05, 0.1) is 12.2 Å². The molecule has 0 amide bonds. The van der Waals surface area contributed by atoms with Crippen molar-refractivity contribution in [1.82, 2.24) is 0 Å². The second-order valence-electron chi connectivity index (χ2n) is 4.65. The lowest BCUT2D eigenvalue weighted by Gasteiger charge is -2.11. The Hall–Kier alpha value is -1.65. The van der Waals surface area contributed by atoms with E-state index in [0.29, 0.717) is 30.1 Å². The third-order valence-corrected chi connectivity index (χ3v) is 3.73. The third-order valence-electron chi connectivity index (χ3n) is 3.04. The summed E-state index contributed by atoms with van der Waals surface area (Å²) in [4.78, 5) is 12.7. The molecule has 0 fully saturated rings. The Morgan fingerprint density at radius 3 is 2.62 bits per heavy atom. The molecule has 0 bridgehead atoms. The molecule has 0 spiro atoms. The lowest BCUT2D eigenvalue weighted by atomic mass is 10.0. The largest absolute Gasteiger partial charge is 0.490 e. The molecule has 0 aliphatic rings. The Kier molecular flexibility index (Phi) is 5.53. The van der Waals surface area contributed by atoms with Crippen molar-refractivity contribution < 1.29 is 14.3 Å². The highest BCUT2D eigenvalue weighted by Crippen LogP contribution is 2.26. The van der Waals surface area contributed by atoms with E-state index in [9.17, 15) is 4.79 Å². The number of hydrogen-bond acceptors (Lipinski definition) is 3. The minimum absolute atomic E-state index is 0.0569. The van der Waals surface area contributed by atoms with Crippen LogP contribution in [0.1, 0.15) is 21.5 Å². The molecule has 0 saturated carbocycles. The van der Waals surface area contributed by atoms with Gasteiger partial charge in [0.2, 0.25) is 0 Å². The zero-order valence-electron chi connectivity index (χ0n) is 12.1. The highest BCUT2D eigenvalue weighted by molar-refractivity contribution is 9.10. The number of para-hydroxylation sites is 1. The van der Waals surface area contributed by atoms with Gasteiger partial charge in [-0.1, -0.05) is 39.7 Å². The predicted molar refractivity (Wildman–Crippen MR) is 86.1 cm³/mol. The van der Waals surface area contributed by atoms with Crippen LogP contribution in [-0.2, 0) is 4.74 Å². The van der Waals surface area contributed by atoms with Crippen LogP contribution in [0.25, 0.3) is 0 Å². The monoisotopic (exact) mass is 348 g/mol. The Morgan fingerprint density at radius 1 is 1.10 bits per heavy atom. The van der Waals surface area contributed by atoms with E-state index >= 15 is 0 Å². The summed E-state index contributed by atoms with van der Waals surface area (Å²) < 4.78 is 11.4. The topological polar surface area (TPSA) is 35.5 Å². The normalized spacial score (nSPS) is 10.4. The molecule has 0 saturated heterocycles. The van der Waals surface area contributed by atoms with Crippen LogP contribution in [0.3, 0.4) is 0 Å². The van der Waals surface area contributed by atoms with Crippen molar-refractivity contribution in [3.63, 3.8) is 0 Å². The fourth-order valence-corrected chi connectivity index (χ4v) is 2.40. The van der Waals surface area contributed by atoms with Crippen LogP contribution in [-0.4, -0.2) is 26.1 Å². The van der Waals surface area contributed by atoms with E-state index < -0.39 is 0 Å². The molecule has 0 radical (unpaired) electrons. The van der Waals surface area contributed by atoms with Crippen LogP contribution in [0.15, 0.2) is 46.9 Å². The number of methoxy groups -OCH3 is 1. The number of halogens is 1. The lowest BCUT2D eigenvalue weighted by molar-refractivity contribution is 0.103. The molecule has 21 heavy (non-hydrogen) atoms. The van der Waals surface area contributed by atoms with Gasteiger partial charge in [0.1, 0.15) is 12.4 Å². The van der Waals surface area contributed by atoms with Crippen LogP contribution in [0.5, 0.6) is 5.75 Å².